The first-order chi connectivity index (χ1) is 20.8. The number of nitrogens with zero attached hydrogens (tertiary/aromatic N) is 5. The summed E-state index contributed by atoms with van der Waals surface area (Å²) >= 11 is 0. The highest BCUT2D eigenvalue weighted by Crippen LogP contribution is 2.50. The van der Waals surface area contributed by atoms with E-state index in [2.05, 4.69) is 38.9 Å². The third-order valence-corrected chi connectivity index (χ3v) is 8.51. The molecule has 43 heavy (non-hydrogen) atoms. The highest BCUT2D eigenvalue weighted by atomic mass is 16.5. The zero-order valence-electron chi connectivity index (χ0n) is 25.2. The van der Waals surface area contributed by atoms with E-state index in [-0.39, 0.29) is 23.7 Å². The van der Waals surface area contributed by atoms with E-state index in [4.69, 9.17) is 9.47 Å². The molecule has 0 radical (unpaired) electrons. The Hall–Kier alpha value is -4.60. The number of para-hydroxylation sites is 3. The Morgan fingerprint density at radius 1 is 0.953 bits per heavy atom. The van der Waals surface area contributed by atoms with E-state index in [1.807, 2.05) is 47.4 Å². The molecule has 2 aliphatic heterocycles. The van der Waals surface area contributed by atoms with E-state index in [0.29, 0.717) is 62.0 Å². The highest BCUT2D eigenvalue weighted by Gasteiger charge is 2.43. The van der Waals surface area contributed by atoms with Gasteiger partial charge in [-0.2, -0.15) is 0 Å². The maximum atomic E-state index is 14.1. The van der Waals surface area contributed by atoms with E-state index in [1.54, 1.807) is 32.7 Å². The fraction of sp³-hybridized carbons (Fsp3) is 0.394. The first-order valence-electron chi connectivity index (χ1n) is 14.7. The number of Topliss-reactive ketones (excluding diaryl/α,β-unsaturated/α-hetero) is 1. The molecular weight excluding hydrogens is 544 g/mol. The van der Waals surface area contributed by atoms with E-state index in [0.717, 1.165) is 22.6 Å². The van der Waals surface area contributed by atoms with Crippen LogP contribution >= 0.6 is 0 Å². The van der Waals surface area contributed by atoms with Crippen LogP contribution in [0.5, 0.6) is 11.5 Å². The van der Waals surface area contributed by atoms with Gasteiger partial charge in [-0.3, -0.25) is 9.59 Å². The minimum absolute atomic E-state index is 0.0112. The number of rotatable bonds is 6. The largest absolute Gasteiger partial charge is 0.493 e. The number of anilines is 3. The SMILES string of the molecule is COc1cccc(C2C3=C(CC(C)(C)CC3=O)Nc3ccccc3N2CC(=O)N2CCN(c3ncccn3)CC2)c1OC. The third-order valence-electron chi connectivity index (χ3n) is 8.51. The summed E-state index contributed by atoms with van der Waals surface area (Å²) in [5.74, 6) is 1.85. The number of amides is 1. The minimum atomic E-state index is -0.567. The Morgan fingerprint density at radius 2 is 1.70 bits per heavy atom. The fourth-order valence-corrected chi connectivity index (χ4v) is 6.53. The standard InChI is InChI=1S/C33H38N6O4/c1-33(2)19-24-29(26(40)20-33)30(22-9-7-12-27(42-3)31(22)43-4)39(25-11-6-5-10-23(25)36-24)21-28(41)37-15-17-38(18-16-37)32-34-13-8-14-35-32/h5-14,30,36H,15-21H2,1-4H3. The van der Waals surface area contributed by atoms with Crippen molar-refractivity contribution < 1.29 is 19.1 Å². The van der Waals surface area contributed by atoms with Crippen molar-refractivity contribution in [3.8, 4) is 11.5 Å². The number of benzene rings is 2. The number of aromatic nitrogens is 2. The van der Waals surface area contributed by atoms with Gasteiger partial charge in [-0.25, -0.2) is 9.97 Å². The quantitative estimate of drug-likeness (QED) is 0.452. The summed E-state index contributed by atoms with van der Waals surface area (Å²) in [6.07, 6.45) is 4.58. The molecule has 1 atom stereocenters. The topological polar surface area (TPSA) is 100 Å². The minimum Gasteiger partial charge on any atom is -0.493 e. The predicted octanol–water partition coefficient (Wildman–Crippen LogP) is 4.46. The molecule has 3 heterocycles. The molecule has 224 valence electrons. The molecule has 1 saturated heterocycles. The second-order valence-electron chi connectivity index (χ2n) is 12.0. The summed E-state index contributed by atoms with van der Waals surface area (Å²) in [5, 5.41) is 3.62. The second-order valence-corrected chi connectivity index (χ2v) is 12.0. The Balaban J connectivity index is 1.41. The van der Waals surface area contributed by atoms with Crippen LogP contribution in [0.2, 0.25) is 0 Å². The summed E-state index contributed by atoms with van der Waals surface area (Å²) in [6, 6.07) is 14.9. The Morgan fingerprint density at radius 3 is 2.42 bits per heavy atom. The Labute approximate surface area is 252 Å². The number of carbonyl (C=O) groups is 2. The number of ketones is 1. The summed E-state index contributed by atoms with van der Waals surface area (Å²) < 4.78 is 11.6. The van der Waals surface area contributed by atoms with Gasteiger partial charge in [0.25, 0.3) is 0 Å². The predicted molar refractivity (Wildman–Crippen MR) is 166 cm³/mol. The lowest BCUT2D eigenvalue weighted by Gasteiger charge is -2.40. The molecular formula is C33H38N6O4. The van der Waals surface area contributed by atoms with Gasteiger partial charge in [-0.1, -0.05) is 38.1 Å². The van der Waals surface area contributed by atoms with E-state index >= 15 is 0 Å². The van der Waals surface area contributed by atoms with Gasteiger partial charge >= 0.3 is 0 Å². The van der Waals surface area contributed by atoms with Crippen LogP contribution in [0.4, 0.5) is 17.3 Å². The zero-order chi connectivity index (χ0) is 30.1. The lowest BCUT2D eigenvalue weighted by Crippen LogP contribution is -2.52. The van der Waals surface area contributed by atoms with Crippen LogP contribution in [0.25, 0.3) is 0 Å². The van der Waals surface area contributed by atoms with E-state index in [1.165, 1.54) is 0 Å². The van der Waals surface area contributed by atoms with Gasteiger partial charge in [0, 0.05) is 61.8 Å². The van der Waals surface area contributed by atoms with Gasteiger partial charge in [0.1, 0.15) is 0 Å². The fourth-order valence-electron chi connectivity index (χ4n) is 6.53. The smallest absolute Gasteiger partial charge is 0.242 e. The molecule has 1 aliphatic carbocycles. The van der Waals surface area contributed by atoms with Gasteiger partial charge in [0.05, 0.1) is 38.2 Å². The zero-order valence-corrected chi connectivity index (χ0v) is 25.2. The van der Waals surface area contributed by atoms with Crippen molar-refractivity contribution in [3.05, 3.63) is 77.8 Å². The maximum absolute atomic E-state index is 14.1. The molecule has 10 nitrogen and oxygen atoms in total. The van der Waals surface area contributed by atoms with Crippen LogP contribution in [0, 0.1) is 5.41 Å². The molecule has 1 amide bonds. The van der Waals surface area contributed by atoms with E-state index < -0.39 is 6.04 Å². The third kappa shape index (κ3) is 5.49. The molecule has 2 aromatic carbocycles. The van der Waals surface area contributed by atoms with Crippen molar-refractivity contribution in [2.24, 2.45) is 5.41 Å². The lowest BCUT2D eigenvalue weighted by molar-refractivity contribution is -0.130. The molecule has 0 saturated carbocycles. The Bertz CT molecular complexity index is 1550. The number of hydrogen-bond acceptors (Lipinski definition) is 9. The molecule has 1 fully saturated rings. The van der Waals surface area contributed by atoms with Gasteiger partial charge < -0.3 is 29.5 Å². The van der Waals surface area contributed by atoms with Crippen molar-refractivity contribution >= 4 is 29.0 Å². The van der Waals surface area contributed by atoms with Crippen molar-refractivity contribution in [1.29, 1.82) is 0 Å². The van der Waals surface area contributed by atoms with Crippen LogP contribution in [0.3, 0.4) is 0 Å². The van der Waals surface area contributed by atoms with Gasteiger partial charge in [0.15, 0.2) is 17.3 Å². The average molecular weight is 583 g/mol. The summed E-state index contributed by atoms with van der Waals surface area (Å²) in [5.41, 5.74) is 3.84. The van der Waals surface area contributed by atoms with Crippen molar-refractivity contribution in [1.82, 2.24) is 14.9 Å². The number of nitrogens with one attached hydrogen (secondary N) is 1. The second kappa shape index (κ2) is 11.6. The molecule has 3 aromatic rings. The molecule has 1 aromatic heterocycles. The Kier molecular flexibility index (Phi) is 7.68. The van der Waals surface area contributed by atoms with Gasteiger partial charge in [-0.05, 0) is 36.1 Å². The highest BCUT2D eigenvalue weighted by molar-refractivity contribution is 6.02. The molecule has 3 aliphatic rings. The van der Waals surface area contributed by atoms with Crippen LogP contribution in [-0.2, 0) is 9.59 Å². The van der Waals surface area contributed by atoms with Crippen molar-refractivity contribution in [2.45, 2.75) is 32.7 Å². The normalized spacial score (nSPS) is 19.7. The number of fused-ring (bicyclic) bond motifs is 1. The first-order valence-corrected chi connectivity index (χ1v) is 14.7. The summed E-state index contributed by atoms with van der Waals surface area (Å²) in [4.78, 5) is 43.0. The van der Waals surface area contributed by atoms with Crippen molar-refractivity contribution in [2.75, 3.05) is 62.1 Å². The molecule has 6 rings (SSSR count). The summed E-state index contributed by atoms with van der Waals surface area (Å²) in [7, 11) is 3.21. The van der Waals surface area contributed by atoms with Crippen LogP contribution in [-0.4, -0.2) is 73.5 Å². The number of allylic oxidation sites excluding steroid dienone is 1. The van der Waals surface area contributed by atoms with Gasteiger partial charge in [0.2, 0.25) is 11.9 Å². The molecule has 1 unspecified atom stereocenters. The lowest BCUT2D eigenvalue weighted by atomic mass is 9.73. The molecule has 0 bridgehead atoms. The number of methoxy groups -OCH3 is 2. The van der Waals surface area contributed by atoms with Crippen molar-refractivity contribution in [3.63, 3.8) is 0 Å². The monoisotopic (exact) mass is 582 g/mol. The first kappa shape index (κ1) is 28.5. The molecule has 10 heteroatoms. The average Bonchev–Trinajstić information content (AvgIpc) is 3.14. The molecule has 1 N–H and O–H groups in total. The van der Waals surface area contributed by atoms with Crippen LogP contribution in [0.1, 0.15) is 38.3 Å². The van der Waals surface area contributed by atoms with Gasteiger partial charge in [-0.15, -0.1) is 0 Å². The van der Waals surface area contributed by atoms with E-state index in [9.17, 15) is 9.59 Å². The number of piperazine rings is 1. The summed E-state index contributed by atoms with van der Waals surface area (Å²) in [6.45, 7) is 6.72. The van der Waals surface area contributed by atoms with Crippen LogP contribution < -0.4 is 24.6 Å². The number of carbonyl (C=O) groups excluding carboxylic acids is 2. The van der Waals surface area contributed by atoms with Crippen LogP contribution in [0.15, 0.2) is 72.2 Å². The molecule has 0 spiro atoms. The number of hydrogen-bond donors (Lipinski definition) is 1. The maximum Gasteiger partial charge on any atom is 0.242 e. The number of ether oxygens (including phenoxy) is 2.